The number of hydrogen-bond donors (Lipinski definition) is 1. The normalized spacial score (nSPS) is 11.5. The van der Waals surface area contributed by atoms with Crippen LogP contribution >= 0.6 is 0 Å². The number of hydrogen-bond acceptors (Lipinski definition) is 5. The number of halogens is 1. The van der Waals surface area contributed by atoms with Gasteiger partial charge in [-0.05, 0) is 48.9 Å². The molecule has 0 bridgehead atoms. The molecule has 7 nitrogen and oxygen atoms in total. The van der Waals surface area contributed by atoms with Crippen molar-refractivity contribution in [1.29, 1.82) is 0 Å². The summed E-state index contributed by atoms with van der Waals surface area (Å²) in [6.07, 6.45) is 3.37. The number of pyridine rings is 1. The van der Waals surface area contributed by atoms with Gasteiger partial charge in [0.25, 0.3) is 5.91 Å². The lowest BCUT2D eigenvalue weighted by molar-refractivity contribution is -0.122. The monoisotopic (exact) mass is 437 g/mol. The molecule has 0 saturated carbocycles. The number of primary amides is 1. The van der Waals surface area contributed by atoms with Crippen LogP contribution in [0.15, 0.2) is 67.0 Å². The fraction of sp³-hybridized carbons (Fsp3) is 0.208. The Morgan fingerprint density at radius 1 is 1.09 bits per heavy atom. The summed E-state index contributed by atoms with van der Waals surface area (Å²) >= 11 is 0. The Kier molecular flexibility index (Phi) is 7.38. The summed E-state index contributed by atoms with van der Waals surface area (Å²) in [7, 11) is 1.44. The van der Waals surface area contributed by atoms with Gasteiger partial charge in [-0.3, -0.25) is 14.6 Å². The number of amides is 2. The number of ether oxygens (including phenoxy) is 2. The Balaban J connectivity index is 1.84. The predicted molar refractivity (Wildman–Crippen MR) is 117 cm³/mol. The standard InChI is InChI=1S/C24H24FN3O4/c1-3-31-21-13-18(9-10-20(21)32-15-16-6-5-11-27-14-16)24(30)28(2)22(23(26)29)17-7-4-8-19(25)12-17/h4-14,22H,3,15H2,1-2H3,(H2,26,29). The Bertz CT molecular complexity index is 1090. The second-order valence-corrected chi connectivity index (χ2v) is 7.02. The smallest absolute Gasteiger partial charge is 0.254 e. The molecule has 3 aromatic rings. The molecule has 2 amide bonds. The second kappa shape index (κ2) is 10.4. The van der Waals surface area contributed by atoms with Crippen molar-refractivity contribution in [2.24, 2.45) is 5.73 Å². The number of carbonyl (C=O) groups is 2. The number of benzene rings is 2. The molecule has 0 fully saturated rings. The summed E-state index contributed by atoms with van der Waals surface area (Å²) < 4.78 is 25.2. The van der Waals surface area contributed by atoms with Gasteiger partial charge in [0, 0.05) is 30.6 Å². The molecule has 32 heavy (non-hydrogen) atoms. The van der Waals surface area contributed by atoms with Crippen molar-refractivity contribution in [1.82, 2.24) is 9.88 Å². The zero-order chi connectivity index (χ0) is 23.1. The van der Waals surface area contributed by atoms with Crippen LogP contribution in [0.5, 0.6) is 11.5 Å². The zero-order valence-corrected chi connectivity index (χ0v) is 17.8. The van der Waals surface area contributed by atoms with E-state index in [9.17, 15) is 14.0 Å². The SMILES string of the molecule is CCOc1cc(C(=O)N(C)C(C(N)=O)c2cccc(F)c2)ccc1OCc1cccnc1. The average Bonchev–Trinajstić information content (AvgIpc) is 2.78. The minimum Gasteiger partial charge on any atom is -0.490 e. The minimum atomic E-state index is -1.13. The van der Waals surface area contributed by atoms with Gasteiger partial charge in [0.2, 0.25) is 5.91 Å². The number of nitrogens with two attached hydrogens (primary N) is 1. The van der Waals surface area contributed by atoms with Gasteiger partial charge in [-0.2, -0.15) is 0 Å². The quantitative estimate of drug-likeness (QED) is 0.553. The van der Waals surface area contributed by atoms with Crippen LogP contribution in [-0.2, 0) is 11.4 Å². The predicted octanol–water partition coefficient (Wildman–Crippen LogP) is 3.50. The van der Waals surface area contributed by atoms with Gasteiger partial charge in [0.1, 0.15) is 18.5 Å². The van der Waals surface area contributed by atoms with Crippen molar-refractivity contribution in [3.8, 4) is 11.5 Å². The van der Waals surface area contributed by atoms with Gasteiger partial charge < -0.3 is 20.1 Å². The highest BCUT2D eigenvalue weighted by Crippen LogP contribution is 2.31. The highest BCUT2D eigenvalue weighted by Gasteiger charge is 2.28. The first-order valence-electron chi connectivity index (χ1n) is 10.0. The van der Waals surface area contributed by atoms with Crippen molar-refractivity contribution < 1.29 is 23.5 Å². The molecular weight excluding hydrogens is 413 g/mol. The van der Waals surface area contributed by atoms with Crippen LogP contribution in [0.25, 0.3) is 0 Å². The Morgan fingerprint density at radius 3 is 2.56 bits per heavy atom. The van der Waals surface area contributed by atoms with E-state index >= 15 is 0 Å². The van der Waals surface area contributed by atoms with Crippen LogP contribution < -0.4 is 15.2 Å². The molecule has 0 radical (unpaired) electrons. The van der Waals surface area contributed by atoms with E-state index in [0.29, 0.717) is 18.1 Å². The molecule has 166 valence electrons. The maximum atomic E-state index is 13.7. The van der Waals surface area contributed by atoms with Gasteiger partial charge in [-0.25, -0.2) is 4.39 Å². The molecule has 0 saturated heterocycles. The summed E-state index contributed by atoms with van der Waals surface area (Å²) in [5, 5.41) is 0. The van der Waals surface area contributed by atoms with E-state index in [1.165, 1.54) is 30.1 Å². The van der Waals surface area contributed by atoms with Crippen LogP contribution in [0.2, 0.25) is 0 Å². The number of rotatable bonds is 9. The highest BCUT2D eigenvalue weighted by atomic mass is 19.1. The van der Waals surface area contributed by atoms with Crippen molar-refractivity contribution in [2.75, 3.05) is 13.7 Å². The zero-order valence-electron chi connectivity index (χ0n) is 17.8. The number of carbonyl (C=O) groups excluding carboxylic acids is 2. The molecule has 0 aliphatic rings. The Morgan fingerprint density at radius 2 is 1.91 bits per heavy atom. The summed E-state index contributed by atoms with van der Waals surface area (Å²) in [4.78, 5) is 30.4. The molecule has 2 N–H and O–H groups in total. The molecule has 1 unspecified atom stereocenters. The summed E-state index contributed by atoms with van der Waals surface area (Å²) in [5.41, 5.74) is 6.97. The lowest BCUT2D eigenvalue weighted by Gasteiger charge is -2.26. The molecule has 1 heterocycles. The van der Waals surface area contributed by atoms with E-state index in [0.717, 1.165) is 5.56 Å². The molecule has 8 heteroatoms. The van der Waals surface area contributed by atoms with E-state index in [1.807, 2.05) is 19.1 Å². The first kappa shape index (κ1) is 22.7. The lowest BCUT2D eigenvalue weighted by atomic mass is 10.0. The molecule has 0 aliphatic carbocycles. The molecule has 1 atom stereocenters. The third kappa shape index (κ3) is 5.40. The van der Waals surface area contributed by atoms with Gasteiger partial charge in [-0.1, -0.05) is 18.2 Å². The Hall–Kier alpha value is -3.94. The van der Waals surface area contributed by atoms with Gasteiger partial charge in [0.15, 0.2) is 11.5 Å². The number of aromatic nitrogens is 1. The largest absolute Gasteiger partial charge is 0.490 e. The summed E-state index contributed by atoms with van der Waals surface area (Å²) in [6, 6.07) is 12.8. The first-order chi connectivity index (χ1) is 15.4. The first-order valence-corrected chi connectivity index (χ1v) is 10.0. The van der Waals surface area contributed by atoms with Crippen molar-refractivity contribution in [3.63, 3.8) is 0 Å². The van der Waals surface area contributed by atoms with E-state index in [1.54, 1.807) is 36.7 Å². The summed E-state index contributed by atoms with van der Waals surface area (Å²) in [5.74, 6) is -0.919. The van der Waals surface area contributed by atoms with E-state index in [-0.39, 0.29) is 17.7 Å². The summed E-state index contributed by atoms with van der Waals surface area (Å²) in [6.45, 7) is 2.47. The molecule has 2 aromatic carbocycles. The number of likely N-dealkylation sites (N-methyl/N-ethyl adjacent to an activating group) is 1. The average molecular weight is 437 g/mol. The molecule has 0 spiro atoms. The second-order valence-electron chi connectivity index (χ2n) is 7.02. The van der Waals surface area contributed by atoms with Crippen molar-refractivity contribution in [3.05, 3.63) is 89.5 Å². The maximum absolute atomic E-state index is 13.7. The Labute approximate surface area is 185 Å². The van der Waals surface area contributed by atoms with Gasteiger partial charge >= 0.3 is 0 Å². The minimum absolute atomic E-state index is 0.271. The van der Waals surface area contributed by atoms with E-state index in [4.69, 9.17) is 15.2 Å². The molecule has 0 aliphatic heterocycles. The van der Waals surface area contributed by atoms with Crippen LogP contribution in [0, 0.1) is 5.82 Å². The number of nitrogens with zero attached hydrogens (tertiary/aromatic N) is 2. The molecule has 1 aromatic heterocycles. The fourth-order valence-corrected chi connectivity index (χ4v) is 3.25. The van der Waals surface area contributed by atoms with Gasteiger partial charge in [-0.15, -0.1) is 0 Å². The lowest BCUT2D eigenvalue weighted by Crippen LogP contribution is -2.39. The van der Waals surface area contributed by atoms with Crippen molar-refractivity contribution >= 4 is 11.8 Å². The molecule has 3 rings (SSSR count). The van der Waals surface area contributed by atoms with Crippen LogP contribution in [0.4, 0.5) is 4.39 Å². The fourth-order valence-electron chi connectivity index (χ4n) is 3.25. The third-order valence-corrected chi connectivity index (χ3v) is 4.75. The van der Waals surface area contributed by atoms with E-state index in [2.05, 4.69) is 4.98 Å². The maximum Gasteiger partial charge on any atom is 0.254 e. The van der Waals surface area contributed by atoms with Crippen LogP contribution in [-0.4, -0.2) is 35.4 Å². The third-order valence-electron chi connectivity index (χ3n) is 4.75. The van der Waals surface area contributed by atoms with Crippen LogP contribution in [0.3, 0.4) is 0 Å². The molecular formula is C24H24FN3O4. The van der Waals surface area contributed by atoms with Crippen molar-refractivity contribution in [2.45, 2.75) is 19.6 Å². The topological polar surface area (TPSA) is 94.8 Å². The highest BCUT2D eigenvalue weighted by molar-refractivity contribution is 5.98. The van der Waals surface area contributed by atoms with E-state index < -0.39 is 23.7 Å². The van der Waals surface area contributed by atoms with Gasteiger partial charge in [0.05, 0.1) is 6.61 Å². The van der Waals surface area contributed by atoms with Crippen LogP contribution in [0.1, 0.15) is 34.5 Å².